The largest absolute Gasteiger partial charge is 0.378 e. The smallest absolute Gasteiger partial charge is 0.145 e. The van der Waals surface area contributed by atoms with Crippen LogP contribution in [0, 0.1) is 0 Å². The second-order valence-electron chi connectivity index (χ2n) is 4.26. The molecule has 1 rings (SSSR count). The van der Waals surface area contributed by atoms with Crippen LogP contribution in [0.3, 0.4) is 0 Å². The number of methoxy groups -OCH3 is 1. The molecule has 17 heavy (non-hydrogen) atoms. The lowest BCUT2D eigenvalue weighted by atomic mass is 10.3. The van der Waals surface area contributed by atoms with E-state index in [4.69, 9.17) is 4.74 Å². The number of hydrogen-bond acceptors (Lipinski definition) is 5. The Morgan fingerprint density at radius 3 is 2.71 bits per heavy atom. The number of aromatic nitrogens is 2. The summed E-state index contributed by atoms with van der Waals surface area (Å²) in [6.45, 7) is 4.30. The quantitative estimate of drug-likeness (QED) is 0.780. The van der Waals surface area contributed by atoms with Crippen LogP contribution in [-0.2, 0) is 17.9 Å². The van der Waals surface area contributed by atoms with Crippen molar-refractivity contribution >= 4 is 5.82 Å². The molecular formula is C12H22N4O. The molecule has 0 spiro atoms. The van der Waals surface area contributed by atoms with Crippen LogP contribution in [0.5, 0.6) is 0 Å². The number of hydrogen-bond donors (Lipinski definition) is 1. The molecule has 0 bridgehead atoms. The topological polar surface area (TPSA) is 50.3 Å². The molecule has 0 fully saturated rings. The van der Waals surface area contributed by atoms with E-state index in [1.165, 1.54) is 0 Å². The normalized spacial score (nSPS) is 10.9. The van der Waals surface area contributed by atoms with Crippen LogP contribution in [0.2, 0.25) is 0 Å². The van der Waals surface area contributed by atoms with Crippen LogP contribution >= 0.6 is 0 Å². The second kappa shape index (κ2) is 7.19. The molecule has 0 radical (unpaired) electrons. The van der Waals surface area contributed by atoms with Crippen LogP contribution in [-0.4, -0.2) is 42.6 Å². The summed E-state index contributed by atoms with van der Waals surface area (Å²) in [6, 6.07) is 1.94. The van der Waals surface area contributed by atoms with Crippen LogP contribution in [0.15, 0.2) is 6.07 Å². The highest BCUT2D eigenvalue weighted by Gasteiger charge is 2.05. The summed E-state index contributed by atoms with van der Waals surface area (Å²) in [5, 5.41) is 3.28. The lowest BCUT2D eigenvalue weighted by Crippen LogP contribution is -2.15. The standard InChI is InChI=1S/C12H22N4O/c1-5-6-13-11-7-10(9-17-4)14-12(15-11)8-16(2)3/h7H,5-6,8-9H2,1-4H3,(H,13,14,15). The van der Waals surface area contributed by atoms with Gasteiger partial charge in [0.25, 0.3) is 0 Å². The summed E-state index contributed by atoms with van der Waals surface area (Å²) in [6.07, 6.45) is 1.08. The minimum Gasteiger partial charge on any atom is -0.378 e. The van der Waals surface area contributed by atoms with Gasteiger partial charge in [0, 0.05) is 19.7 Å². The molecule has 1 N–H and O–H groups in total. The van der Waals surface area contributed by atoms with Crippen molar-refractivity contribution in [2.75, 3.05) is 33.1 Å². The lowest BCUT2D eigenvalue weighted by molar-refractivity contribution is 0.181. The summed E-state index contributed by atoms with van der Waals surface area (Å²) in [4.78, 5) is 11.0. The molecule has 1 aromatic rings. The number of anilines is 1. The van der Waals surface area contributed by atoms with Gasteiger partial charge in [0.05, 0.1) is 18.8 Å². The molecule has 0 saturated heterocycles. The average Bonchev–Trinajstić information content (AvgIpc) is 2.25. The van der Waals surface area contributed by atoms with Gasteiger partial charge in [-0.15, -0.1) is 0 Å². The predicted molar refractivity (Wildman–Crippen MR) is 68.9 cm³/mol. The summed E-state index contributed by atoms with van der Waals surface area (Å²) in [5.41, 5.74) is 0.915. The molecule has 0 aliphatic carbocycles. The molecule has 0 aliphatic rings. The lowest BCUT2D eigenvalue weighted by Gasteiger charge is -2.12. The van der Waals surface area contributed by atoms with E-state index in [0.29, 0.717) is 6.61 Å². The number of nitrogens with one attached hydrogen (secondary N) is 1. The SMILES string of the molecule is CCCNc1cc(COC)nc(CN(C)C)n1. The van der Waals surface area contributed by atoms with Crippen molar-refractivity contribution in [1.82, 2.24) is 14.9 Å². The zero-order valence-corrected chi connectivity index (χ0v) is 11.2. The third-order valence-electron chi connectivity index (χ3n) is 2.13. The first-order valence-corrected chi connectivity index (χ1v) is 5.90. The second-order valence-corrected chi connectivity index (χ2v) is 4.26. The molecule has 0 saturated carbocycles. The highest BCUT2D eigenvalue weighted by molar-refractivity contribution is 5.35. The van der Waals surface area contributed by atoms with Crippen molar-refractivity contribution in [3.8, 4) is 0 Å². The van der Waals surface area contributed by atoms with Gasteiger partial charge >= 0.3 is 0 Å². The van der Waals surface area contributed by atoms with Crippen LogP contribution < -0.4 is 5.32 Å². The molecule has 0 amide bonds. The minimum absolute atomic E-state index is 0.518. The molecule has 5 nitrogen and oxygen atoms in total. The van der Waals surface area contributed by atoms with Gasteiger partial charge in [-0.1, -0.05) is 6.92 Å². The Morgan fingerprint density at radius 2 is 2.12 bits per heavy atom. The van der Waals surface area contributed by atoms with Gasteiger partial charge in [-0.2, -0.15) is 0 Å². The Morgan fingerprint density at radius 1 is 1.35 bits per heavy atom. The van der Waals surface area contributed by atoms with Gasteiger partial charge in [0.2, 0.25) is 0 Å². The van der Waals surface area contributed by atoms with Gasteiger partial charge in [-0.3, -0.25) is 0 Å². The highest BCUT2D eigenvalue weighted by Crippen LogP contribution is 2.09. The van der Waals surface area contributed by atoms with E-state index in [1.807, 2.05) is 20.2 Å². The van der Waals surface area contributed by atoms with Crippen molar-refractivity contribution in [3.63, 3.8) is 0 Å². The van der Waals surface area contributed by atoms with Crippen molar-refractivity contribution in [1.29, 1.82) is 0 Å². The Hall–Kier alpha value is -1.20. The molecule has 0 atom stereocenters. The van der Waals surface area contributed by atoms with E-state index in [9.17, 15) is 0 Å². The van der Waals surface area contributed by atoms with Gasteiger partial charge in [0.1, 0.15) is 11.6 Å². The Kier molecular flexibility index (Phi) is 5.86. The van der Waals surface area contributed by atoms with Crippen molar-refractivity contribution in [2.24, 2.45) is 0 Å². The summed E-state index contributed by atoms with van der Waals surface area (Å²) in [5.74, 6) is 1.70. The van der Waals surface area contributed by atoms with E-state index in [2.05, 4.69) is 27.1 Å². The Balaban J connectivity index is 2.84. The summed E-state index contributed by atoms with van der Waals surface area (Å²) < 4.78 is 5.12. The zero-order chi connectivity index (χ0) is 12.7. The van der Waals surface area contributed by atoms with Gasteiger partial charge in [0.15, 0.2) is 0 Å². The van der Waals surface area contributed by atoms with Crippen molar-refractivity contribution in [2.45, 2.75) is 26.5 Å². The third-order valence-corrected chi connectivity index (χ3v) is 2.13. The third kappa shape index (κ3) is 5.10. The first kappa shape index (κ1) is 13.9. The van der Waals surface area contributed by atoms with Crippen molar-refractivity contribution in [3.05, 3.63) is 17.6 Å². The molecule has 0 aromatic carbocycles. The number of nitrogens with zero attached hydrogens (tertiary/aromatic N) is 3. The first-order chi connectivity index (χ1) is 8.15. The fourth-order valence-electron chi connectivity index (χ4n) is 1.47. The number of ether oxygens (including phenoxy) is 1. The molecule has 96 valence electrons. The Labute approximate surface area is 103 Å². The van der Waals surface area contributed by atoms with E-state index in [0.717, 1.165) is 36.8 Å². The first-order valence-electron chi connectivity index (χ1n) is 5.90. The monoisotopic (exact) mass is 238 g/mol. The zero-order valence-electron chi connectivity index (χ0n) is 11.2. The molecule has 5 heteroatoms. The molecule has 0 unspecified atom stereocenters. The van der Waals surface area contributed by atoms with Crippen LogP contribution in [0.25, 0.3) is 0 Å². The summed E-state index contributed by atoms with van der Waals surface area (Å²) >= 11 is 0. The fourth-order valence-corrected chi connectivity index (χ4v) is 1.47. The van der Waals surface area contributed by atoms with E-state index < -0.39 is 0 Å². The fraction of sp³-hybridized carbons (Fsp3) is 0.667. The molecule has 1 heterocycles. The van der Waals surface area contributed by atoms with Gasteiger partial charge in [-0.25, -0.2) is 9.97 Å². The van der Waals surface area contributed by atoms with Crippen LogP contribution in [0.4, 0.5) is 5.82 Å². The minimum atomic E-state index is 0.518. The van der Waals surface area contributed by atoms with Crippen LogP contribution in [0.1, 0.15) is 24.9 Å². The van der Waals surface area contributed by atoms with Crippen molar-refractivity contribution < 1.29 is 4.74 Å². The van der Waals surface area contributed by atoms with E-state index in [-0.39, 0.29) is 0 Å². The number of rotatable bonds is 7. The molecule has 0 aliphatic heterocycles. The van der Waals surface area contributed by atoms with E-state index in [1.54, 1.807) is 7.11 Å². The summed E-state index contributed by atoms with van der Waals surface area (Å²) in [7, 11) is 5.68. The highest BCUT2D eigenvalue weighted by atomic mass is 16.5. The van der Waals surface area contributed by atoms with E-state index >= 15 is 0 Å². The maximum absolute atomic E-state index is 5.12. The Bertz CT molecular complexity index is 341. The molecular weight excluding hydrogens is 216 g/mol. The predicted octanol–water partition coefficient (Wildman–Crippen LogP) is 1.51. The maximum Gasteiger partial charge on any atom is 0.145 e. The maximum atomic E-state index is 5.12. The average molecular weight is 238 g/mol. The molecule has 1 aromatic heterocycles. The van der Waals surface area contributed by atoms with Gasteiger partial charge < -0.3 is 15.0 Å². The van der Waals surface area contributed by atoms with Gasteiger partial charge in [-0.05, 0) is 20.5 Å².